The van der Waals surface area contributed by atoms with Gasteiger partial charge in [0.05, 0.1) is 16.5 Å². The first-order valence-corrected chi connectivity index (χ1v) is 4.97. The molecule has 4 N–H and O–H groups in total. The molecule has 0 bridgehead atoms. The number of aliphatic imine (C=N–C) groups is 1. The van der Waals surface area contributed by atoms with Crippen LogP contribution < -0.4 is 11.5 Å². The van der Waals surface area contributed by atoms with Gasteiger partial charge in [0.25, 0.3) is 11.6 Å². The zero-order valence-electron chi connectivity index (χ0n) is 8.59. The molecule has 0 radical (unpaired) electrons. The SMILES string of the molecule is NC(=O)c1c(N=C(N)CCl)cccc1[N+](=O)[O-]. The molecule has 1 amide bonds. The molecule has 1 aromatic carbocycles. The highest BCUT2D eigenvalue weighted by atomic mass is 35.5. The van der Waals surface area contributed by atoms with Crippen LogP contribution in [0.25, 0.3) is 0 Å². The zero-order chi connectivity index (χ0) is 13.0. The molecule has 0 aliphatic rings. The topological polar surface area (TPSA) is 125 Å². The van der Waals surface area contributed by atoms with Gasteiger partial charge in [0.1, 0.15) is 11.4 Å². The lowest BCUT2D eigenvalue weighted by molar-refractivity contribution is -0.385. The number of nitrogens with zero attached hydrogens (tertiary/aromatic N) is 2. The molecule has 1 rings (SSSR count). The Balaban J connectivity index is 3.46. The van der Waals surface area contributed by atoms with E-state index in [0.717, 1.165) is 6.07 Å². The van der Waals surface area contributed by atoms with Crippen LogP contribution in [-0.4, -0.2) is 22.5 Å². The number of benzene rings is 1. The van der Waals surface area contributed by atoms with E-state index in [1.54, 1.807) is 0 Å². The van der Waals surface area contributed by atoms with Gasteiger partial charge in [0, 0.05) is 6.07 Å². The van der Waals surface area contributed by atoms with E-state index in [2.05, 4.69) is 4.99 Å². The minimum Gasteiger partial charge on any atom is -0.386 e. The van der Waals surface area contributed by atoms with Gasteiger partial charge in [-0.2, -0.15) is 0 Å². The van der Waals surface area contributed by atoms with E-state index in [-0.39, 0.29) is 23.0 Å². The van der Waals surface area contributed by atoms with E-state index in [1.165, 1.54) is 12.1 Å². The predicted octanol–water partition coefficient (Wildman–Crippen LogP) is 0.921. The average molecular weight is 257 g/mol. The van der Waals surface area contributed by atoms with Crippen molar-refractivity contribution in [2.75, 3.05) is 5.88 Å². The van der Waals surface area contributed by atoms with Crippen molar-refractivity contribution in [2.24, 2.45) is 16.5 Å². The summed E-state index contributed by atoms with van der Waals surface area (Å²) in [5.41, 5.74) is 9.81. The number of amidine groups is 1. The van der Waals surface area contributed by atoms with Crippen molar-refractivity contribution >= 4 is 34.7 Å². The van der Waals surface area contributed by atoms with Gasteiger partial charge in [-0.25, -0.2) is 4.99 Å². The van der Waals surface area contributed by atoms with E-state index >= 15 is 0 Å². The number of nitro benzene ring substituents is 1. The lowest BCUT2D eigenvalue weighted by Gasteiger charge is -2.03. The number of amides is 1. The van der Waals surface area contributed by atoms with Crippen LogP contribution in [-0.2, 0) is 0 Å². The standard InChI is InChI=1S/C9H9ClN4O3/c10-4-7(11)13-5-2-1-3-6(14(16)17)8(5)9(12)15/h1-3H,4H2,(H2,11,13)(H2,12,15). The molecule has 1 aromatic rings. The molecule has 17 heavy (non-hydrogen) atoms. The molecule has 0 saturated carbocycles. The van der Waals surface area contributed by atoms with Crippen LogP contribution in [0.15, 0.2) is 23.2 Å². The van der Waals surface area contributed by atoms with E-state index < -0.39 is 16.5 Å². The third-order valence-corrected chi connectivity index (χ3v) is 2.14. The summed E-state index contributed by atoms with van der Waals surface area (Å²) in [4.78, 5) is 25.0. The molecular formula is C9H9ClN4O3. The maximum Gasteiger partial charge on any atom is 0.284 e. The van der Waals surface area contributed by atoms with Gasteiger partial charge in [-0.05, 0) is 6.07 Å². The van der Waals surface area contributed by atoms with Crippen LogP contribution in [0.4, 0.5) is 11.4 Å². The maximum absolute atomic E-state index is 11.2. The first-order valence-electron chi connectivity index (χ1n) is 4.43. The third kappa shape index (κ3) is 2.91. The largest absolute Gasteiger partial charge is 0.386 e. The number of halogens is 1. The molecule has 0 aliphatic heterocycles. The Kier molecular flexibility index (Phi) is 4.00. The van der Waals surface area contributed by atoms with Gasteiger partial charge in [-0.1, -0.05) is 6.07 Å². The molecular weight excluding hydrogens is 248 g/mol. The third-order valence-electron chi connectivity index (χ3n) is 1.86. The molecule has 0 fully saturated rings. The highest BCUT2D eigenvalue weighted by Crippen LogP contribution is 2.28. The summed E-state index contributed by atoms with van der Waals surface area (Å²) in [6.07, 6.45) is 0. The van der Waals surface area contributed by atoms with Crippen molar-refractivity contribution in [2.45, 2.75) is 0 Å². The number of alkyl halides is 1. The normalized spacial score (nSPS) is 11.2. The van der Waals surface area contributed by atoms with E-state index in [9.17, 15) is 14.9 Å². The molecule has 0 aliphatic carbocycles. The molecule has 8 heteroatoms. The van der Waals surface area contributed by atoms with Crippen LogP contribution in [0.2, 0.25) is 0 Å². The predicted molar refractivity (Wildman–Crippen MR) is 63.6 cm³/mol. The molecule has 90 valence electrons. The fourth-order valence-corrected chi connectivity index (χ4v) is 1.27. The second kappa shape index (κ2) is 5.26. The second-order valence-corrected chi connectivity index (χ2v) is 3.30. The minimum atomic E-state index is -0.946. The summed E-state index contributed by atoms with van der Waals surface area (Å²) in [6, 6.07) is 3.94. The monoisotopic (exact) mass is 256 g/mol. The van der Waals surface area contributed by atoms with Crippen molar-refractivity contribution in [3.63, 3.8) is 0 Å². The maximum atomic E-state index is 11.2. The number of primary amides is 1. The molecule has 0 heterocycles. The Labute approximate surface area is 101 Å². The number of carbonyl (C=O) groups is 1. The van der Waals surface area contributed by atoms with Crippen molar-refractivity contribution < 1.29 is 9.72 Å². The highest BCUT2D eigenvalue weighted by molar-refractivity contribution is 6.28. The molecule has 0 spiro atoms. The summed E-state index contributed by atoms with van der Waals surface area (Å²) < 4.78 is 0. The van der Waals surface area contributed by atoms with Crippen LogP contribution in [0.5, 0.6) is 0 Å². The summed E-state index contributed by atoms with van der Waals surface area (Å²) in [6.45, 7) is 0. The highest BCUT2D eigenvalue weighted by Gasteiger charge is 2.21. The van der Waals surface area contributed by atoms with Crippen molar-refractivity contribution in [3.05, 3.63) is 33.9 Å². The van der Waals surface area contributed by atoms with Gasteiger partial charge in [0.2, 0.25) is 0 Å². The Morgan fingerprint density at radius 3 is 2.59 bits per heavy atom. The van der Waals surface area contributed by atoms with Crippen LogP contribution in [0, 0.1) is 10.1 Å². The first kappa shape index (κ1) is 12.9. The molecule has 0 unspecified atom stereocenters. The summed E-state index contributed by atoms with van der Waals surface area (Å²) in [5, 5.41) is 10.7. The number of carbonyl (C=O) groups excluding carboxylic acids is 1. The molecule has 0 atom stereocenters. The van der Waals surface area contributed by atoms with Crippen molar-refractivity contribution in [1.29, 1.82) is 0 Å². The Morgan fingerprint density at radius 1 is 1.47 bits per heavy atom. The van der Waals surface area contributed by atoms with Gasteiger partial charge in [-0.3, -0.25) is 14.9 Å². The second-order valence-electron chi connectivity index (χ2n) is 3.03. The Morgan fingerprint density at radius 2 is 2.12 bits per heavy atom. The van der Waals surface area contributed by atoms with Crippen LogP contribution in [0.3, 0.4) is 0 Å². The fraction of sp³-hybridized carbons (Fsp3) is 0.111. The van der Waals surface area contributed by atoms with Crippen molar-refractivity contribution in [1.82, 2.24) is 0 Å². The minimum absolute atomic E-state index is 0.0323. The van der Waals surface area contributed by atoms with Gasteiger partial charge >= 0.3 is 0 Å². The van der Waals surface area contributed by atoms with Gasteiger partial charge in [0.15, 0.2) is 0 Å². The molecule has 0 saturated heterocycles. The van der Waals surface area contributed by atoms with Crippen molar-refractivity contribution in [3.8, 4) is 0 Å². The van der Waals surface area contributed by atoms with E-state index in [0.29, 0.717) is 0 Å². The Hall–Kier alpha value is -2.15. The summed E-state index contributed by atoms with van der Waals surface area (Å²) in [7, 11) is 0. The van der Waals surface area contributed by atoms with Crippen LogP contribution >= 0.6 is 11.6 Å². The first-order chi connectivity index (χ1) is 7.97. The van der Waals surface area contributed by atoms with E-state index in [4.69, 9.17) is 23.1 Å². The van der Waals surface area contributed by atoms with Crippen LogP contribution in [0.1, 0.15) is 10.4 Å². The summed E-state index contributed by atoms with van der Waals surface area (Å²) in [5.74, 6) is -0.964. The number of hydrogen-bond donors (Lipinski definition) is 2. The smallest absolute Gasteiger partial charge is 0.284 e. The Bertz CT molecular complexity index is 501. The zero-order valence-corrected chi connectivity index (χ0v) is 9.35. The number of rotatable bonds is 4. The molecule has 0 aromatic heterocycles. The number of nitrogens with two attached hydrogens (primary N) is 2. The lowest BCUT2D eigenvalue weighted by Crippen LogP contribution is -2.16. The number of nitro groups is 1. The summed E-state index contributed by atoms with van der Waals surface area (Å²) >= 11 is 5.43. The average Bonchev–Trinajstić information content (AvgIpc) is 2.28. The quantitative estimate of drug-likeness (QED) is 0.273. The lowest BCUT2D eigenvalue weighted by atomic mass is 10.1. The fourth-order valence-electron chi connectivity index (χ4n) is 1.21. The van der Waals surface area contributed by atoms with Gasteiger partial charge < -0.3 is 11.5 Å². The van der Waals surface area contributed by atoms with E-state index in [1.807, 2.05) is 0 Å². The molecule has 7 nitrogen and oxygen atoms in total. The number of hydrogen-bond acceptors (Lipinski definition) is 4. The van der Waals surface area contributed by atoms with Gasteiger partial charge in [-0.15, -0.1) is 11.6 Å².